The first kappa shape index (κ1) is 15.9. The van der Waals surface area contributed by atoms with Crippen molar-refractivity contribution in [3.8, 4) is 0 Å². The lowest BCUT2D eigenvalue weighted by atomic mass is 10.0. The fraction of sp³-hybridized carbons (Fsp3) is 0.222. The Balaban J connectivity index is 1.68. The van der Waals surface area contributed by atoms with Crippen molar-refractivity contribution in [1.29, 1.82) is 0 Å². The van der Waals surface area contributed by atoms with Crippen molar-refractivity contribution in [2.75, 3.05) is 18.9 Å². The van der Waals surface area contributed by atoms with E-state index in [1.54, 1.807) is 12.1 Å². The minimum absolute atomic E-state index is 0.208. The molecular weight excluding hydrogens is 338 g/mol. The van der Waals surface area contributed by atoms with Crippen LogP contribution in [0, 0.1) is 0 Å². The summed E-state index contributed by atoms with van der Waals surface area (Å²) in [6.45, 7) is 1.61. The molecule has 1 aliphatic rings. The summed E-state index contributed by atoms with van der Waals surface area (Å²) < 4.78 is 5.59. The van der Waals surface area contributed by atoms with E-state index in [1.807, 2.05) is 25.2 Å². The number of rotatable bonds is 3. The molecule has 0 saturated heterocycles. The smallest absolute Gasteiger partial charge is 0.292 e. The topological polar surface area (TPSA) is 88.6 Å². The predicted octanol–water partition coefficient (Wildman–Crippen LogP) is 2.83. The molecule has 1 aromatic carbocycles. The maximum absolute atomic E-state index is 12.6. The van der Waals surface area contributed by atoms with Crippen LogP contribution in [0.1, 0.15) is 31.4 Å². The summed E-state index contributed by atoms with van der Waals surface area (Å²) in [7, 11) is 2.03. The van der Waals surface area contributed by atoms with Crippen LogP contribution >= 0.6 is 11.3 Å². The Labute approximate surface area is 148 Å². The molecule has 25 heavy (non-hydrogen) atoms. The average Bonchev–Trinajstić information content (AvgIpc) is 3.15. The Morgan fingerprint density at radius 1 is 1.32 bits per heavy atom. The number of thiophene rings is 1. The van der Waals surface area contributed by atoms with Gasteiger partial charge in [0.2, 0.25) is 0 Å². The van der Waals surface area contributed by atoms with Crippen LogP contribution in [0.2, 0.25) is 0 Å². The van der Waals surface area contributed by atoms with E-state index >= 15 is 0 Å². The van der Waals surface area contributed by atoms with E-state index in [0.29, 0.717) is 16.1 Å². The normalized spacial score (nSPS) is 14.4. The lowest BCUT2D eigenvalue weighted by Gasteiger charge is -2.22. The molecule has 0 unspecified atom stereocenters. The molecule has 0 saturated carbocycles. The van der Waals surface area contributed by atoms with Gasteiger partial charge in [0, 0.05) is 23.4 Å². The van der Waals surface area contributed by atoms with Crippen molar-refractivity contribution in [2.45, 2.75) is 13.0 Å². The van der Waals surface area contributed by atoms with Gasteiger partial charge in [-0.15, -0.1) is 11.3 Å². The molecule has 7 heteroatoms. The number of para-hydroxylation sites is 1. The molecule has 128 valence electrons. The van der Waals surface area contributed by atoms with Gasteiger partial charge in [-0.25, -0.2) is 0 Å². The van der Waals surface area contributed by atoms with E-state index in [9.17, 15) is 9.59 Å². The number of carbonyl (C=O) groups excluding carboxylic acids is 2. The zero-order valence-electron chi connectivity index (χ0n) is 13.7. The quantitative estimate of drug-likeness (QED) is 0.756. The van der Waals surface area contributed by atoms with Gasteiger partial charge in [-0.1, -0.05) is 18.2 Å². The fourth-order valence-electron chi connectivity index (χ4n) is 3.14. The molecule has 3 heterocycles. The Kier molecular flexibility index (Phi) is 3.82. The van der Waals surface area contributed by atoms with Crippen LogP contribution in [0.4, 0.5) is 5.00 Å². The number of likely N-dealkylation sites (N-methyl/N-ethyl adjacent to an activating group) is 1. The van der Waals surface area contributed by atoms with Crippen molar-refractivity contribution >= 4 is 39.1 Å². The number of carbonyl (C=O) groups is 2. The first-order chi connectivity index (χ1) is 12.0. The lowest BCUT2D eigenvalue weighted by Crippen LogP contribution is -2.27. The first-order valence-electron chi connectivity index (χ1n) is 7.95. The number of anilines is 1. The van der Waals surface area contributed by atoms with E-state index in [-0.39, 0.29) is 11.7 Å². The third kappa shape index (κ3) is 2.81. The van der Waals surface area contributed by atoms with Crippen LogP contribution in [0.3, 0.4) is 0 Å². The summed E-state index contributed by atoms with van der Waals surface area (Å²) in [6, 6.07) is 9.11. The molecule has 6 nitrogen and oxygen atoms in total. The standard InChI is InChI=1S/C18H17N3O3S/c1-21-7-6-11-14(9-21)25-18(15(11)16(19)22)20-17(23)13-8-10-4-2-3-5-12(10)24-13/h2-5,8H,6-7,9H2,1H3,(H2,19,22)(H,20,23). The second-order valence-electron chi connectivity index (χ2n) is 6.16. The minimum Gasteiger partial charge on any atom is -0.451 e. The summed E-state index contributed by atoms with van der Waals surface area (Å²) in [5, 5.41) is 4.16. The number of benzene rings is 1. The van der Waals surface area contributed by atoms with Crippen LogP contribution < -0.4 is 11.1 Å². The number of furan rings is 1. The van der Waals surface area contributed by atoms with E-state index in [4.69, 9.17) is 10.2 Å². The molecule has 0 bridgehead atoms. The minimum atomic E-state index is -0.512. The molecule has 4 rings (SSSR count). The molecule has 0 radical (unpaired) electrons. The van der Waals surface area contributed by atoms with Crippen LogP contribution in [0.5, 0.6) is 0 Å². The highest BCUT2D eigenvalue weighted by atomic mass is 32.1. The molecule has 2 aromatic heterocycles. The molecule has 0 atom stereocenters. The van der Waals surface area contributed by atoms with Crippen molar-refractivity contribution in [2.24, 2.45) is 5.73 Å². The summed E-state index contributed by atoms with van der Waals surface area (Å²) in [5.74, 6) is -0.687. The number of nitrogens with one attached hydrogen (secondary N) is 1. The zero-order valence-corrected chi connectivity index (χ0v) is 14.5. The highest BCUT2D eigenvalue weighted by Crippen LogP contribution is 2.37. The summed E-state index contributed by atoms with van der Waals surface area (Å²) in [5.41, 5.74) is 7.60. The largest absolute Gasteiger partial charge is 0.451 e. The predicted molar refractivity (Wildman–Crippen MR) is 97.0 cm³/mol. The van der Waals surface area contributed by atoms with Gasteiger partial charge in [-0.05, 0) is 31.2 Å². The number of fused-ring (bicyclic) bond motifs is 2. The molecule has 1 aliphatic heterocycles. The van der Waals surface area contributed by atoms with E-state index in [1.165, 1.54) is 11.3 Å². The summed E-state index contributed by atoms with van der Waals surface area (Å²) in [4.78, 5) is 27.8. The van der Waals surface area contributed by atoms with Crippen molar-refractivity contribution in [3.63, 3.8) is 0 Å². The Bertz CT molecular complexity index is 956. The molecule has 2 amide bonds. The van der Waals surface area contributed by atoms with Gasteiger partial charge in [0.05, 0.1) is 5.56 Å². The number of amides is 2. The summed E-state index contributed by atoms with van der Waals surface area (Å²) in [6.07, 6.45) is 0.751. The maximum atomic E-state index is 12.6. The van der Waals surface area contributed by atoms with Gasteiger partial charge in [0.15, 0.2) is 5.76 Å². The summed E-state index contributed by atoms with van der Waals surface area (Å²) >= 11 is 1.41. The first-order valence-corrected chi connectivity index (χ1v) is 8.77. The monoisotopic (exact) mass is 355 g/mol. The maximum Gasteiger partial charge on any atom is 0.292 e. The number of hydrogen-bond acceptors (Lipinski definition) is 5. The number of hydrogen-bond donors (Lipinski definition) is 2. The highest BCUT2D eigenvalue weighted by Gasteiger charge is 2.27. The van der Waals surface area contributed by atoms with E-state index < -0.39 is 5.91 Å². The van der Waals surface area contributed by atoms with Crippen LogP contribution in [0.15, 0.2) is 34.7 Å². The van der Waals surface area contributed by atoms with Crippen LogP contribution in [0.25, 0.3) is 11.0 Å². The molecule has 0 aliphatic carbocycles. The van der Waals surface area contributed by atoms with Gasteiger partial charge < -0.3 is 20.4 Å². The second kappa shape index (κ2) is 6.02. The third-order valence-corrected chi connectivity index (χ3v) is 5.50. The van der Waals surface area contributed by atoms with Crippen molar-refractivity contribution < 1.29 is 14.0 Å². The molecule has 3 aromatic rings. The number of primary amides is 1. The Morgan fingerprint density at radius 3 is 2.88 bits per heavy atom. The van der Waals surface area contributed by atoms with Gasteiger partial charge >= 0.3 is 0 Å². The number of nitrogens with two attached hydrogens (primary N) is 1. The molecule has 0 spiro atoms. The van der Waals surface area contributed by atoms with Crippen LogP contribution in [-0.4, -0.2) is 30.3 Å². The van der Waals surface area contributed by atoms with E-state index in [2.05, 4.69) is 10.2 Å². The third-order valence-electron chi connectivity index (χ3n) is 4.37. The average molecular weight is 355 g/mol. The molecule has 3 N–H and O–H groups in total. The lowest BCUT2D eigenvalue weighted by molar-refractivity contribution is 0.0999. The zero-order chi connectivity index (χ0) is 17.6. The van der Waals surface area contributed by atoms with Gasteiger partial charge in [-0.2, -0.15) is 0 Å². The van der Waals surface area contributed by atoms with Gasteiger partial charge in [0.1, 0.15) is 10.6 Å². The van der Waals surface area contributed by atoms with Gasteiger partial charge in [-0.3, -0.25) is 9.59 Å². The van der Waals surface area contributed by atoms with E-state index in [0.717, 1.165) is 35.3 Å². The van der Waals surface area contributed by atoms with Crippen LogP contribution in [-0.2, 0) is 13.0 Å². The Hall–Kier alpha value is -2.64. The molecule has 0 fully saturated rings. The fourth-order valence-corrected chi connectivity index (χ4v) is 4.47. The second-order valence-corrected chi connectivity index (χ2v) is 7.27. The van der Waals surface area contributed by atoms with Gasteiger partial charge in [0.25, 0.3) is 11.8 Å². The van der Waals surface area contributed by atoms with Crippen molar-refractivity contribution in [3.05, 3.63) is 52.1 Å². The van der Waals surface area contributed by atoms with Crippen molar-refractivity contribution in [1.82, 2.24) is 4.90 Å². The highest BCUT2D eigenvalue weighted by molar-refractivity contribution is 7.17. The molecular formula is C18H17N3O3S. The number of nitrogens with zero attached hydrogens (tertiary/aromatic N) is 1. The Morgan fingerprint density at radius 2 is 2.12 bits per heavy atom. The SMILES string of the molecule is CN1CCc2c(sc(NC(=O)c3cc4ccccc4o3)c2C(N)=O)C1.